The number of nitrogens with zero attached hydrogens (tertiary/aromatic N) is 2. The van der Waals surface area contributed by atoms with Gasteiger partial charge in [-0.3, -0.25) is 14.4 Å². The molecule has 3 aliphatic rings. The fourth-order valence-electron chi connectivity index (χ4n) is 3.80. The molecule has 1 aromatic rings. The number of nitrogens with one attached hydrogen (secondary N) is 2. The number of anilines is 1. The number of imide groups is 1. The van der Waals surface area contributed by atoms with Gasteiger partial charge in [0.05, 0.1) is 12.1 Å². The monoisotopic (exact) mass is 384 g/mol. The van der Waals surface area contributed by atoms with Crippen molar-refractivity contribution in [1.29, 1.82) is 0 Å². The van der Waals surface area contributed by atoms with E-state index in [2.05, 4.69) is 10.6 Å². The highest BCUT2D eigenvalue weighted by Gasteiger charge is 2.40. The Bertz CT molecular complexity index is 785. The number of carbonyl (C=O) groups excluding carboxylic acids is 4. The Kier molecular flexibility index (Phi) is 5.02. The second-order valence-corrected chi connectivity index (χ2v) is 7.66. The Morgan fingerprint density at radius 3 is 2.36 bits per heavy atom. The number of urea groups is 1. The lowest BCUT2D eigenvalue weighted by Crippen LogP contribution is -2.48. The third-order valence-corrected chi connectivity index (χ3v) is 5.52. The zero-order chi connectivity index (χ0) is 19.7. The molecule has 2 aliphatic heterocycles. The molecule has 0 bridgehead atoms. The van der Waals surface area contributed by atoms with Crippen LogP contribution in [0.15, 0.2) is 30.3 Å². The highest BCUT2D eigenvalue weighted by atomic mass is 16.2. The van der Waals surface area contributed by atoms with Gasteiger partial charge in [-0.15, -0.1) is 0 Å². The average Bonchev–Trinajstić information content (AvgIpc) is 3.50. The van der Waals surface area contributed by atoms with Crippen LogP contribution in [0.3, 0.4) is 0 Å². The molecule has 8 heteroatoms. The van der Waals surface area contributed by atoms with Gasteiger partial charge in [0.2, 0.25) is 11.8 Å². The first-order valence-corrected chi connectivity index (χ1v) is 9.80. The zero-order valence-electron chi connectivity index (χ0n) is 15.6. The van der Waals surface area contributed by atoms with E-state index in [0.29, 0.717) is 31.6 Å². The molecule has 0 aromatic heterocycles. The molecule has 1 atom stereocenters. The van der Waals surface area contributed by atoms with E-state index in [0.717, 1.165) is 17.7 Å². The number of likely N-dealkylation sites (tertiary alicyclic amines) is 1. The number of rotatable bonds is 5. The van der Waals surface area contributed by atoms with Crippen molar-refractivity contribution in [3.05, 3.63) is 30.3 Å². The Balaban J connectivity index is 1.27. The quantitative estimate of drug-likeness (QED) is 0.741. The van der Waals surface area contributed by atoms with Crippen LogP contribution < -0.4 is 15.5 Å². The summed E-state index contributed by atoms with van der Waals surface area (Å²) < 4.78 is 0. The minimum absolute atomic E-state index is 0.00631. The van der Waals surface area contributed by atoms with E-state index in [1.807, 2.05) is 4.90 Å². The Labute approximate surface area is 163 Å². The van der Waals surface area contributed by atoms with Gasteiger partial charge in [-0.2, -0.15) is 0 Å². The second-order valence-electron chi connectivity index (χ2n) is 7.66. The third-order valence-electron chi connectivity index (χ3n) is 5.52. The van der Waals surface area contributed by atoms with Gasteiger partial charge in [0.1, 0.15) is 6.04 Å². The highest BCUT2D eigenvalue weighted by Crippen LogP contribution is 2.32. The van der Waals surface area contributed by atoms with E-state index in [-0.39, 0.29) is 30.2 Å². The molecule has 4 rings (SSSR count). The van der Waals surface area contributed by atoms with Crippen LogP contribution in [0.5, 0.6) is 0 Å². The van der Waals surface area contributed by atoms with Gasteiger partial charge in [-0.25, -0.2) is 9.69 Å². The maximum absolute atomic E-state index is 12.6. The topological polar surface area (TPSA) is 98.8 Å². The summed E-state index contributed by atoms with van der Waals surface area (Å²) in [4.78, 5) is 52.1. The number of hydrogen-bond donors (Lipinski definition) is 2. The molecule has 8 nitrogen and oxygen atoms in total. The molecule has 2 N–H and O–H groups in total. The van der Waals surface area contributed by atoms with Crippen molar-refractivity contribution in [2.24, 2.45) is 5.92 Å². The van der Waals surface area contributed by atoms with Crippen LogP contribution >= 0.6 is 0 Å². The van der Waals surface area contributed by atoms with Gasteiger partial charge in [-0.1, -0.05) is 18.2 Å². The number of carbonyl (C=O) groups is 4. The maximum atomic E-state index is 12.6. The summed E-state index contributed by atoms with van der Waals surface area (Å²) >= 11 is 0. The zero-order valence-corrected chi connectivity index (χ0v) is 15.6. The smallest absolute Gasteiger partial charge is 0.329 e. The molecule has 1 aromatic carbocycles. The van der Waals surface area contributed by atoms with E-state index < -0.39 is 18.0 Å². The largest absolute Gasteiger partial charge is 0.353 e. The van der Waals surface area contributed by atoms with Gasteiger partial charge in [-0.05, 0) is 37.8 Å². The molecule has 2 heterocycles. The first-order chi connectivity index (χ1) is 13.5. The lowest BCUT2D eigenvalue weighted by Gasteiger charge is -2.32. The van der Waals surface area contributed by atoms with Gasteiger partial charge >= 0.3 is 6.03 Å². The Hall–Kier alpha value is -2.90. The maximum Gasteiger partial charge on any atom is 0.329 e. The first-order valence-electron chi connectivity index (χ1n) is 9.80. The Morgan fingerprint density at radius 1 is 1.04 bits per heavy atom. The molecule has 28 heavy (non-hydrogen) atoms. The molecule has 5 amide bonds. The van der Waals surface area contributed by atoms with Gasteiger partial charge in [0, 0.05) is 25.0 Å². The van der Waals surface area contributed by atoms with Crippen molar-refractivity contribution >= 4 is 29.4 Å². The van der Waals surface area contributed by atoms with Crippen molar-refractivity contribution in [2.75, 3.05) is 18.0 Å². The van der Waals surface area contributed by atoms with Crippen molar-refractivity contribution < 1.29 is 19.2 Å². The molecule has 1 saturated carbocycles. The molecule has 0 unspecified atom stereocenters. The van der Waals surface area contributed by atoms with E-state index in [1.54, 1.807) is 30.3 Å². The van der Waals surface area contributed by atoms with Crippen molar-refractivity contribution in [3.63, 3.8) is 0 Å². The predicted molar refractivity (Wildman–Crippen MR) is 101 cm³/mol. The van der Waals surface area contributed by atoms with Crippen LogP contribution in [0, 0.1) is 5.92 Å². The van der Waals surface area contributed by atoms with Crippen LogP contribution in [0.2, 0.25) is 0 Å². The SMILES string of the molecule is O=C(C[C@@H]1NC(=O)N(c2ccccc2)C1=O)NC1CCN(C(=O)C2CC2)CC1. The lowest BCUT2D eigenvalue weighted by atomic mass is 10.0. The number of piperidine rings is 1. The molecule has 1 aliphatic carbocycles. The predicted octanol–water partition coefficient (Wildman–Crippen LogP) is 1.02. The molecule has 148 valence electrons. The number of hydrogen-bond acceptors (Lipinski definition) is 4. The second kappa shape index (κ2) is 7.61. The van der Waals surface area contributed by atoms with E-state index >= 15 is 0 Å². The molecule has 2 saturated heterocycles. The molecular formula is C20H24N4O4. The molecule has 3 fully saturated rings. The van der Waals surface area contributed by atoms with E-state index in [1.165, 1.54) is 0 Å². The van der Waals surface area contributed by atoms with Gasteiger partial charge in [0.15, 0.2) is 0 Å². The van der Waals surface area contributed by atoms with Gasteiger partial charge < -0.3 is 15.5 Å². The third kappa shape index (κ3) is 3.85. The molecular weight excluding hydrogens is 360 g/mol. The summed E-state index contributed by atoms with van der Waals surface area (Å²) in [5.74, 6) is -0.225. The summed E-state index contributed by atoms with van der Waals surface area (Å²) in [5.41, 5.74) is 0.487. The van der Waals surface area contributed by atoms with Crippen LogP contribution in [-0.4, -0.2) is 53.8 Å². The van der Waals surface area contributed by atoms with E-state index in [9.17, 15) is 19.2 Å². The normalized spacial score (nSPS) is 22.9. The number of para-hydroxylation sites is 1. The van der Waals surface area contributed by atoms with Crippen LogP contribution in [-0.2, 0) is 14.4 Å². The van der Waals surface area contributed by atoms with Crippen LogP contribution in [0.1, 0.15) is 32.1 Å². The number of benzene rings is 1. The van der Waals surface area contributed by atoms with Crippen LogP contribution in [0.25, 0.3) is 0 Å². The summed E-state index contributed by atoms with van der Waals surface area (Å²) in [6, 6.07) is 7.27. The summed E-state index contributed by atoms with van der Waals surface area (Å²) in [6.07, 6.45) is 3.33. The van der Waals surface area contributed by atoms with Crippen molar-refractivity contribution in [2.45, 2.75) is 44.2 Å². The fourth-order valence-corrected chi connectivity index (χ4v) is 3.80. The lowest BCUT2D eigenvalue weighted by molar-refractivity contribution is -0.133. The molecule has 0 spiro atoms. The van der Waals surface area contributed by atoms with Crippen molar-refractivity contribution in [3.8, 4) is 0 Å². The van der Waals surface area contributed by atoms with Crippen molar-refractivity contribution in [1.82, 2.24) is 15.5 Å². The van der Waals surface area contributed by atoms with Gasteiger partial charge in [0.25, 0.3) is 5.91 Å². The Morgan fingerprint density at radius 2 is 1.71 bits per heavy atom. The summed E-state index contributed by atoms with van der Waals surface area (Å²) in [7, 11) is 0. The van der Waals surface area contributed by atoms with E-state index in [4.69, 9.17) is 0 Å². The minimum atomic E-state index is -0.857. The fraction of sp³-hybridized carbons (Fsp3) is 0.500. The summed E-state index contributed by atoms with van der Waals surface area (Å²) in [6.45, 7) is 1.31. The molecule has 0 radical (unpaired) electrons. The first kappa shape index (κ1) is 18.5. The van der Waals surface area contributed by atoms with Crippen LogP contribution in [0.4, 0.5) is 10.5 Å². The minimum Gasteiger partial charge on any atom is -0.353 e. The average molecular weight is 384 g/mol. The highest BCUT2D eigenvalue weighted by molar-refractivity contribution is 6.22. The standard InChI is InChI=1S/C20H24N4O4/c25-17(21-14-8-10-23(11-9-14)18(26)13-6-7-13)12-16-19(27)24(20(28)22-16)15-4-2-1-3-5-15/h1-5,13-14,16H,6-12H2,(H,21,25)(H,22,28)/t16-/m0/s1. The summed E-state index contributed by atoms with van der Waals surface area (Å²) in [5, 5.41) is 5.53. The number of amides is 5.